The average molecular weight is 142 g/mol. The molecular weight excluding hydrogens is 138 g/mol. The van der Waals surface area contributed by atoms with Crippen LogP contribution in [-0.2, 0) is 0 Å². The molecule has 0 spiro atoms. The first-order valence-electron chi connectivity index (χ1n) is 2.54. The van der Waals surface area contributed by atoms with Crippen molar-refractivity contribution in [3.05, 3.63) is 18.5 Å². The molecular formula is C4H4BFN2O2. The van der Waals surface area contributed by atoms with Crippen LogP contribution in [0.1, 0.15) is 0 Å². The summed E-state index contributed by atoms with van der Waals surface area (Å²) < 4.78 is 12.0. The average Bonchev–Trinajstić information content (AvgIpc) is 1.88. The Balaban J connectivity index is 2.89. The van der Waals surface area contributed by atoms with Crippen molar-refractivity contribution >= 4 is 12.6 Å². The highest BCUT2D eigenvalue weighted by molar-refractivity contribution is 6.58. The van der Waals surface area contributed by atoms with Crippen LogP contribution < -0.4 is 5.46 Å². The smallest absolute Gasteiger partial charge is 0.423 e. The second-order valence-corrected chi connectivity index (χ2v) is 1.66. The number of hydrogen-bond donors (Lipinski definition) is 2. The summed E-state index contributed by atoms with van der Waals surface area (Å²) in [6, 6.07) is 0. The SMILES string of the molecule is OB(O)c1cnc(F)nc1. The van der Waals surface area contributed by atoms with Crippen LogP contribution >= 0.6 is 0 Å². The minimum Gasteiger partial charge on any atom is -0.423 e. The predicted molar refractivity (Wildman–Crippen MR) is 31.8 cm³/mol. The molecule has 0 unspecified atom stereocenters. The third-order valence-corrected chi connectivity index (χ3v) is 0.938. The van der Waals surface area contributed by atoms with Gasteiger partial charge in [0.05, 0.1) is 0 Å². The van der Waals surface area contributed by atoms with Gasteiger partial charge in [-0.15, -0.1) is 0 Å². The monoisotopic (exact) mass is 142 g/mol. The standard InChI is InChI=1S/C4H4BFN2O2/c6-4-7-1-3(2-8-4)5(9)10/h1-2,9-10H. The van der Waals surface area contributed by atoms with E-state index < -0.39 is 13.2 Å². The van der Waals surface area contributed by atoms with Crippen molar-refractivity contribution in [2.24, 2.45) is 0 Å². The molecule has 0 saturated heterocycles. The summed E-state index contributed by atoms with van der Waals surface area (Å²) in [6.07, 6.45) is 1.13. The van der Waals surface area contributed by atoms with Crippen LogP contribution in [0, 0.1) is 6.08 Å². The maximum Gasteiger partial charge on any atom is 0.491 e. The molecule has 0 atom stereocenters. The molecule has 10 heavy (non-hydrogen) atoms. The Kier molecular flexibility index (Phi) is 1.93. The van der Waals surface area contributed by atoms with E-state index in [0.29, 0.717) is 0 Å². The van der Waals surface area contributed by atoms with Crippen molar-refractivity contribution in [2.45, 2.75) is 0 Å². The van der Waals surface area contributed by atoms with E-state index in [1.165, 1.54) is 0 Å². The van der Waals surface area contributed by atoms with Crippen molar-refractivity contribution in [3.63, 3.8) is 0 Å². The highest BCUT2D eigenvalue weighted by atomic mass is 19.1. The van der Waals surface area contributed by atoms with Gasteiger partial charge in [-0.1, -0.05) is 0 Å². The molecule has 2 N–H and O–H groups in total. The van der Waals surface area contributed by atoms with E-state index in [0.717, 1.165) is 12.4 Å². The van der Waals surface area contributed by atoms with Gasteiger partial charge in [0.25, 0.3) is 0 Å². The minimum atomic E-state index is -1.64. The zero-order valence-electron chi connectivity index (χ0n) is 4.90. The number of nitrogens with zero attached hydrogens (tertiary/aromatic N) is 2. The van der Waals surface area contributed by atoms with Gasteiger partial charge in [0.2, 0.25) is 0 Å². The molecule has 6 heteroatoms. The normalized spacial score (nSPS) is 9.50. The molecule has 0 amide bonds. The van der Waals surface area contributed by atoms with Crippen molar-refractivity contribution in [1.29, 1.82) is 0 Å². The Bertz CT molecular complexity index is 215. The topological polar surface area (TPSA) is 66.2 Å². The van der Waals surface area contributed by atoms with E-state index in [4.69, 9.17) is 10.0 Å². The maximum absolute atomic E-state index is 12.0. The fraction of sp³-hybridized carbons (Fsp3) is 0. The molecule has 1 aromatic rings. The fourth-order valence-electron chi connectivity index (χ4n) is 0.456. The molecule has 52 valence electrons. The van der Waals surface area contributed by atoms with Gasteiger partial charge in [-0.05, 0) is 0 Å². The molecule has 0 radical (unpaired) electrons. The van der Waals surface area contributed by atoms with Crippen molar-refractivity contribution in [2.75, 3.05) is 0 Å². The van der Waals surface area contributed by atoms with Gasteiger partial charge in [0.1, 0.15) is 0 Å². The van der Waals surface area contributed by atoms with Gasteiger partial charge >= 0.3 is 13.2 Å². The number of hydrogen-bond acceptors (Lipinski definition) is 4. The maximum atomic E-state index is 12.0. The first-order chi connectivity index (χ1) is 4.70. The largest absolute Gasteiger partial charge is 0.491 e. The predicted octanol–water partition coefficient (Wildman–Crippen LogP) is -1.70. The lowest BCUT2D eigenvalue weighted by atomic mass is 9.83. The lowest BCUT2D eigenvalue weighted by Gasteiger charge is -1.94. The van der Waals surface area contributed by atoms with Gasteiger partial charge in [-0.3, -0.25) is 0 Å². The van der Waals surface area contributed by atoms with Crippen LogP contribution in [-0.4, -0.2) is 27.1 Å². The van der Waals surface area contributed by atoms with Crippen molar-refractivity contribution < 1.29 is 14.4 Å². The van der Waals surface area contributed by atoms with E-state index in [9.17, 15) is 4.39 Å². The number of aromatic nitrogens is 2. The molecule has 0 aliphatic rings. The van der Waals surface area contributed by atoms with Crippen LogP contribution in [0.5, 0.6) is 0 Å². The minimum absolute atomic E-state index is 0.0707. The molecule has 1 heterocycles. The molecule has 0 aromatic carbocycles. The molecule has 4 nitrogen and oxygen atoms in total. The Morgan fingerprint density at radius 3 is 2.20 bits per heavy atom. The third-order valence-electron chi connectivity index (χ3n) is 0.938. The first kappa shape index (κ1) is 7.11. The molecule has 0 fully saturated rings. The molecule has 1 aromatic heterocycles. The summed E-state index contributed by atoms with van der Waals surface area (Å²) >= 11 is 0. The molecule has 0 aliphatic heterocycles. The lowest BCUT2D eigenvalue weighted by molar-refractivity contribution is 0.425. The highest BCUT2D eigenvalue weighted by Gasteiger charge is 2.10. The fourth-order valence-corrected chi connectivity index (χ4v) is 0.456. The Hall–Kier alpha value is -1.01. The van der Waals surface area contributed by atoms with E-state index in [2.05, 4.69) is 9.97 Å². The van der Waals surface area contributed by atoms with E-state index in [-0.39, 0.29) is 5.46 Å². The van der Waals surface area contributed by atoms with Crippen LogP contribution in [0.3, 0.4) is 0 Å². The van der Waals surface area contributed by atoms with Gasteiger partial charge in [0, 0.05) is 17.9 Å². The summed E-state index contributed by atoms with van der Waals surface area (Å²) in [5, 5.41) is 16.9. The number of halogens is 1. The molecule has 1 rings (SSSR count). The number of rotatable bonds is 1. The Morgan fingerprint density at radius 2 is 1.80 bits per heavy atom. The molecule has 0 saturated carbocycles. The van der Waals surface area contributed by atoms with E-state index in [1.807, 2.05) is 0 Å². The summed E-state index contributed by atoms with van der Waals surface area (Å²) in [4.78, 5) is 6.21. The molecule has 0 aliphatic carbocycles. The third kappa shape index (κ3) is 1.49. The summed E-state index contributed by atoms with van der Waals surface area (Å²) in [5.74, 6) is 0. The highest BCUT2D eigenvalue weighted by Crippen LogP contribution is 1.80. The van der Waals surface area contributed by atoms with Crippen LogP contribution in [0.15, 0.2) is 12.4 Å². The van der Waals surface area contributed by atoms with E-state index >= 15 is 0 Å². The summed E-state index contributed by atoms with van der Waals surface area (Å²) in [5.41, 5.74) is 0.0707. The van der Waals surface area contributed by atoms with Gasteiger partial charge in [-0.2, -0.15) is 4.39 Å². The Morgan fingerprint density at radius 1 is 1.30 bits per heavy atom. The van der Waals surface area contributed by atoms with Gasteiger partial charge < -0.3 is 10.0 Å². The quantitative estimate of drug-likeness (QED) is 0.362. The summed E-state index contributed by atoms with van der Waals surface area (Å²) in [6.45, 7) is 0. The Labute approximate surface area is 56.5 Å². The summed E-state index contributed by atoms with van der Waals surface area (Å²) in [7, 11) is -1.64. The molecule has 0 bridgehead atoms. The second kappa shape index (κ2) is 2.72. The van der Waals surface area contributed by atoms with Gasteiger partial charge in [-0.25, -0.2) is 9.97 Å². The lowest BCUT2D eigenvalue weighted by Crippen LogP contribution is -2.30. The zero-order chi connectivity index (χ0) is 7.56. The van der Waals surface area contributed by atoms with Crippen LogP contribution in [0.4, 0.5) is 4.39 Å². The van der Waals surface area contributed by atoms with Gasteiger partial charge in [0.15, 0.2) is 0 Å². The second-order valence-electron chi connectivity index (χ2n) is 1.66. The van der Waals surface area contributed by atoms with Crippen molar-refractivity contribution in [1.82, 2.24) is 9.97 Å². The zero-order valence-corrected chi connectivity index (χ0v) is 4.90. The van der Waals surface area contributed by atoms with Crippen molar-refractivity contribution in [3.8, 4) is 0 Å². The first-order valence-corrected chi connectivity index (χ1v) is 2.54. The van der Waals surface area contributed by atoms with Crippen LogP contribution in [0.2, 0.25) is 0 Å². The van der Waals surface area contributed by atoms with E-state index in [1.54, 1.807) is 0 Å². The van der Waals surface area contributed by atoms with Crippen LogP contribution in [0.25, 0.3) is 0 Å².